The number of Topliss-reactive ketones (excluding diaryl/α,β-unsaturated/α-hetero) is 1. The summed E-state index contributed by atoms with van der Waals surface area (Å²) in [5.74, 6) is 0.0462. The first kappa shape index (κ1) is 20.8. The average molecular weight is 410 g/mol. The molecule has 0 fully saturated rings. The smallest absolute Gasteiger partial charge is 0.216 e. The SMILES string of the molecule is CC(=O)c1ccc(OCc2ccccc2)c(CS(=O)(=O)NCc2ccccc2)c1. The van der Waals surface area contributed by atoms with Gasteiger partial charge in [0.25, 0.3) is 0 Å². The number of carbonyl (C=O) groups excluding carboxylic acids is 1. The number of carbonyl (C=O) groups is 1. The lowest BCUT2D eigenvalue weighted by Gasteiger charge is -2.14. The van der Waals surface area contributed by atoms with Gasteiger partial charge in [0.15, 0.2) is 5.78 Å². The normalized spacial score (nSPS) is 11.2. The van der Waals surface area contributed by atoms with Gasteiger partial charge in [-0.3, -0.25) is 4.79 Å². The second-order valence-electron chi connectivity index (χ2n) is 6.72. The number of benzene rings is 3. The van der Waals surface area contributed by atoms with E-state index in [0.717, 1.165) is 11.1 Å². The monoisotopic (exact) mass is 409 g/mol. The molecule has 6 heteroatoms. The van der Waals surface area contributed by atoms with E-state index in [4.69, 9.17) is 4.74 Å². The molecule has 0 bridgehead atoms. The quantitative estimate of drug-likeness (QED) is 0.541. The Hall–Kier alpha value is -2.96. The van der Waals surface area contributed by atoms with Gasteiger partial charge in [0.2, 0.25) is 10.0 Å². The molecular weight excluding hydrogens is 386 g/mol. The molecule has 0 aliphatic rings. The zero-order chi connectivity index (χ0) is 20.7. The average Bonchev–Trinajstić information content (AvgIpc) is 2.72. The van der Waals surface area contributed by atoms with Gasteiger partial charge in [-0.15, -0.1) is 0 Å². The van der Waals surface area contributed by atoms with Crippen LogP contribution < -0.4 is 9.46 Å². The van der Waals surface area contributed by atoms with Crippen LogP contribution in [0, 0.1) is 0 Å². The van der Waals surface area contributed by atoms with Crippen LogP contribution in [0.1, 0.15) is 34.0 Å². The van der Waals surface area contributed by atoms with Gasteiger partial charge in [0.1, 0.15) is 12.4 Å². The van der Waals surface area contributed by atoms with Crippen molar-refractivity contribution < 1.29 is 17.9 Å². The van der Waals surface area contributed by atoms with E-state index in [2.05, 4.69) is 4.72 Å². The zero-order valence-corrected chi connectivity index (χ0v) is 17.0. The Morgan fingerprint density at radius 1 is 0.897 bits per heavy atom. The third-order valence-electron chi connectivity index (χ3n) is 4.39. The molecule has 0 aliphatic heterocycles. The molecule has 5 nitrogen and oxygen atoms in total. The lowest BCUT2D eigenvalue weighted by Crippen LogP contribution is -2.25. The van der Waals surface area contributed by atoms with Crippen molar-refractivity contribution in [1.29, 1.82) is 0 Å². The molecule has 0 atom stereocenters. The molecule has 0 heterocycles. The van der Waals surface area contributed by atoms with Crippen molar-refractivity contribution in [2.45, 2.75) is 25.8 Å². The van der Waals surface area contributed by atoms with Crippen LogP contribution in [0.2, 0.25) is 0 Å². The minimum absolute atomic E-state index is 0.129. The molecule has 150 valence electrons. The first-order chi connectivity index (χ1) is 13.9. The number of ketones is 1. The topological polar surface area (TPSA) is 72.5 Å². The van der Waals surface area contributed by atoms with E-state index in [1.165, 1.54) is 6.92 Å². The van der Waals surface area contributed by atoms with Crippen LogP contribution in [-0.4, -0.2) is 14.2 Å². The van der Waals surface area contributed by atoms with Crippen molar-refractivity contribution in [2.75, 3.05) is 0 Å². The van der Waals surface area contributed by atoms with Gasteiger partial charge in [-0.1, -0.05) is 60.7 Å². The fourth-order valence-corrected chi connectivity index (χ4v) is 3.96. The fraction of sp³-hybridized carbons (Fsp3) is 0.174. The van der Waals surface area contributed by atoms with Gasteiger partial charge < -0.3 is 4.74 Å². The van der Waals surface area contributed by atoms with Crippen molar-refractivity contribution in [3.05, 3.63) is 101 Å². The predicted octanol–water partition coefficient (Wildman–Crippen LogP) is 4.09. The highest BCUT2D eigenvalue weighted by atomic mass is 32.2. The number of rotatable bonds is 9. The second-order valence-corrected chi connectivity index (χ2v) is 8.53. The standard InChI is InChI=1S/C23H23NO4S/c1-18(25)21-12-13-23(28-16-20-10-6-3-7-11-20)22(14-21)17-29(26,27)24-15-19-8-4-2-5-9-19/h2-14,24H,15-17H2,1H3. The molecular formula is C23H23NO4S. The summed E-state index contributed by atoms with van der Waals surface area (Å²) in [5.41, 5.74) is 2.74. The van der Waals surface area contributed by atoms with Crippen LogP contribution in [0.4, 0.5) is 0 Å². The van der Waals surface area contributed by atoms with Gasteiger partial charge in [-0.05, 0) is 36.2 Å². The fourth-order valence-electron chi connectivity index (χ4n) is 2.83. The molecule has 0 saturated heterocycles. The van der Waals surface area contributed by atoms with Crippen LogP contribution >= 0.6 is 0 Å². The molecule has 0 aliphatic carbocycles. The Morgan fingerprint density at radius 3 is 2.14 bits per heavy atom. The molecule has 0 amide bonds. The first-order valence-electron chi connectivity index (χ1n) is 9.25. The van der Waals surface area contributed by atoms with Crippen LogP contribution in [0.15, 0.2) is 78.9 Å². The van der Waals surface area contributed by atoms with Gasteiger partial charge in [-0.2, -0.15) is 0 Å². The summed E-state index contributed by atoms with van der Waals surface area (Å²) in [6.45, 7) is 1.96. The maximum atomic E-state index is 12.6. The summed E-state index contributed by atoms with van der Waals surface area (Å²) in [6, 6.07) is 23.8. The molecule has 29 heavy (non-hydrogen) atoms. The van der Waals surface area contributed by atoms with E-state index < -0.39 is 10.0 Å². The van der Waals surface area contributed by atoms with Crippen LogP contribution in [0.3, 0.4) is 0 Å². The molecule has 3 rings (SSSR count). The number of hydrogen-bond donors (Lipinski definition) is 1. The molecule has 1 N–H and O–H groups in total. The van der Waals surface area contributed by atoms with Crippen molar-refractivity contribution in [3.8, 4) is 5.75 Å². The van der Waals surface area contributed by atoms with Crippen molar-refractivity contribution >= 4 is 15.8 Å². The van der Waals surface area contributed by atoms with E-state index >= 15 is 0 Å². The Labute approximate surface area is 171 Å². The molecule has 0 radical (unpaired) electrons. The minimum Gasteiger partial charge on any atom is -0.489 e. The highest BCUT2D eigenvalue weighted by Gasteiger charge is 2.17. The maximum absolute atomic E-state index is 12.6. The molecule has 3 aromatic rings. The summed E-state index contributed by atoms with van der Waals surface area (Å²) < 4.78 is 33.7. The molecule has 0 spiro atoms. The van der Waals surface area contributed by atoms with E-state index in [1.807, 2.05) is 60.7 Å². The number of nitrogens with one attached hydrogen (secondary N) is 1. The third-order valence-corrected chi connectivity index (χ3v) is 5.66. The second kappa shape index (κ2) is 9.49. The van der Waals surface area contributed by atoms with Crippen molar-refractivity contribution in [3.63, 3.8) is 0 Å². The largest absolute Gasteiger partial charge is 0.489 e. The van der Waals surface area contributed by atoms with Crippen LogP contribution in [0.5, 0.6) is 5.75 Å². The van der Waals surface area contributed by atoms with Crippen LogP contribution in [-0.2, 0) is 28.9 Å². The Morgan fingerprint density at radius 2 is 1.52 bits per heavy atom. The van der Waals surface area contributed by atoms with E-state index in [-0.39, 0.29) is 18.1 Å². The van der Waals surface area contributed by atoms with Gasteiger partial charge in [-0.25, -0.2) is 13.1 Å². The molecule has 0 aromatic heterocycles. The first-order valence-corrected chi connectivity index (χ1v) is 10.9. The van der Waals surface area contributed by atoms with Crippen LogP contribution in [0.25, 0.3) is 0 Å². The van der Waals surface area contributed by atoms with E-state index in [1.54, 1.807) is 18.2 Å². The number of hydrogen-bond acceptors (Lipinski definition) is 4. The minimum atomic E-state index is -3.62. The van der Waals surface area contributed by atoms with Gasteiger partial charge >= 0.3 is 0 Å². The molecule has 0 unspecified atom stereocenters. The Kier molecular flexibility index (Phi) is 6.80. The van der Waals surface area contributed by atoms with Crippen molar-refractivity contribution in [2.24, 2.45) is 0 Å². The lowest BCUT2D eigenvalue weighted by atomic mass is 10.1. The van der Waals surface area contributed by atoms with E-state index in [0.29, 0.717) is 23.5 Å². The summed E-state index contributed by atoms with van der Waals surface area (Å²) in [7, 11) is -3.62. The highest BCUT2D eigenvalue weighted by molar-refractivity contribution is 7.88. The summed E-state index contributed by atoms with van der Waals surface area (Å²) >= 11 is 0. The summed E-state index contributed by atoms with van der Waals surface area (Å²) in [6.07, 6.45) is 0. The lowest BCUT2D eigenvalue weighted by molar-refractivity contribution is 0.101. The Balaban J connectivity index is 1.77. The third kappa shape index (κ3) is 6.27. The highest BCUT2D eigenvalue weighted by Crippen LogP contribution is 2.24. The maximum Gasteiger partial charge on any atom is 0.216 e. The van der Waals surface area contributed by atoms with E-state index in [9.17, 15) is 13.2 Å². The number of sulfonamides is 1. The zero-order valence-electron chi connectivity index (χ0n) is 16.2. The number of ether oxygens (including phenoxy) is 1. The summed E-state index contributed by atoms with van der Waals surface area (Å²) in [4.78, 5) is 11.8. The molecule has 0 saturated carbocycles. The van der Waals surface area contributed by atoms with Gasteiger partial charge in [0.05, 0.1) is 5.75 Å². The molecule has 3 aromatic carbocycles. The van der Waals surface area contributed by atoms with Crippen molar-refractivity contribution in [1.82, 2.24) is 4.72 Å². The van der Waals surface area contributed by atoms with Gasteiger partial charge in [0, 0.05) is 17.7 Å². The summed E-state index contributed by atoms with van der Waals surface area (Å²) in [5, 5.41) is 0. The predicted molar refractivity (Wildman–Crippen MR) is 113 cm³/mol. The Bertz CT molecular complexity index is 1060.